The smallest absolute Gasteiger partial charge is 0.342 e. The number of esters is 1. The van der Waals surface area contributed by atoms with Crippen LogP contribution in [0.1, 0.15) is 36.7 Å². The number of carbonyl (C=O) groups excluding carboxylic acids is 2. The molecule has 7 nitrogen and oxygen atoms in total. The summed E-state index contributed by atoms with van der Waals surface area (Å²) in [6.45, 7) is 6.65. The molecule has 0 fully saturated rings. The lowest BCUT2D eigenvalue weighted by Crippen LogP contribution is -2.32. The summed E-state index contributed by atoms with van der Waals surface area (Å²) in [6.07, 6.45) is 0. The molecule has 0 bridgehead atoms. The van der Waals surface area contributed by atoms with Gasteiger partial charge in [-0.1, -0.05) is 32.9 Å². The van der Waals surface area contributed by atoms with E-state index in [0.29, 0.717) is 24.7 Å². The van der Waals surface area contributed by atoms with E-state index in [1.54, 1.807) is 12.1 Å². The zero-order valence-electron chi connectivity index (χ0n) is 18.1. The molecular formula is C23H29NO6. The van der Waals surface area contributed by atoms with E-state index in [9.17, 15) is 9.59 Å². The number of hydrogen-bond donors (Lipinski definition) is 1. The molecule has 1 N–H and O–H groups in total. The van der Waals surface area contributed by atoms with Crippen molar-refractivity contribution in [3.63, 3.8) is 0 Å². The summed E-state index contributed by atoms with van der Waals surface area (Å²) in [6, 6.07) is 12.6. The molecule has 0 radical (unpaired) electrons. The zero-order chi connectivity index (χ0) is 22.1. The highest BCUT2D eigenvalue weighted by Gasteiger charge is 2.16. The number of rotatable bonds is 9. The standard InChI is InChI=1S/C23H29NO6/c1-23(2,3)16-6-8-17(9-7-16)29-13-12-24-21(25)15-30-22(26)19-11-10-18(27-4)14-20(19)28-5/h6-11,14H,12-13,15H2,1-5H3,(H,24,25). The van der Waals surface area contributed by atoms with E-state index >= 15 is 0 Å². The van der Waals surface area contributed by atoms with Crippen LogP contribution >= 0.6 is 0 Å². The zero-order valence-corrected chi connectivity index (χ0v) is 18.1. The number of hydrogen-bond acceptors (Lipinski definition) is 6. The summed E-state index contributed by atoms with van der Waals surface area (Å²) >= 11 is 0. The lowest BCUT2D eigenvalue weighted by molar-refractivity contribution is -0.124. The Kier molecular flexibility index (Phi) is 8.09. The fourth-order valence-corrected chi connectivity index (χ4v) is 2.64. The van der Waals surface area contributed by atoms with E-state index in [-0.39, 0.29) is 11.0 Å². The number of methoxy groups -OCH3 is 2. The molecule has 2 aromatic carbocycles. The fraction of sp³-hybridized carbons (Fsp3) is 0.391. The molecule has 0 aliphatic heterocycles. The summed E-state index contributed by atoms with van der Waals surface area (Å²) in [5.41, 5.74) is 1.52. The second-order valence-corrected chi connectivity index (χ2v) is 7.62. The van der Waals surface area contributed by atoms with Gasteiger partial charge in [-0.25, -0.2) is 4.79 Å². The van der Waals surface area contributed by atoms with Crippen LogP contribution in [0.2, 0.25) is 0 Å². The van der Waals surface area contributed by atoms with Crippen molar-refractivity contribution in [3.05, 3.63) is 53.6 Å². The predicted octanol–water partition coefficient (Wildman–Crippen LogP) is 3.35. The first-order valence-electron chi connectivity index (χ1n) is 9.64. The molecule has 0 saturated heterocycles. The van der Waals surface area contributed by atoms with Crippen LogP contribution in [0.5, 0.6) is 17.2 Å². The number of amides is 1. The highest BCUT2D eigenvalue weighted by atomic mass is 16.5. The maximum absolute atomic E-state index is 12.2. The first-order chi connectivity index (χ1) is 14.2. The second kappa shape index (κ2) is 10.5. The van der Waals surface area contributed by atoms with Crippen LogP contribution in [-0.4, -0.2) is 45.9 Å². The average Bonchev–Trinajstić information content (AvgIpc) is 2.74. The van der Waals surface area contributed by atoms with Gasteiger partial charge in [-0.3, -0.25) is 4.79 Å². The van der Waals surface area contributed by atoms with Gasteiger partial charge in [-0.2, -0.15) is 0 Å². The van der Waals surface area contributed by atoms with E-state index < -0.39 is 18.5 Å². The van der Waals surface area contributed by atoms with Crippen LogP contribution in [0.3, 0.4) is 0 Å². The Balaban J connectivity index is 1.73. The van der Waals surface area contributed by atoms with Crippen molar-refractivity contribution in [2.45, 2.75) is 26.2 Å². The summed E-state index contributed by atoms with van der Waals surface area (Å²) in [4.78, 5) is 24.1. The van der Waals surface area contributed by atoms with Crippen LogP contribution in [0.4, 0.5) is 0 Å². The molecule has 2 aromatic rings. The topological polar surface area (TPSA) is 83.1 Å². The highest BCUT2D eigenvalue weighted by molar-refractivity contribution is 5.94. The van der Waals surface area contributed by atoms with E-state index in [1.165, 1.54) is 25.8 Å². The summed E-state index contributed by atoms with van der Waals surface area (Å²) in [5, 5.41) is 2.65. The van der Waals surface area contributed by atoms with Gasteiger partial charge in [0.25, 0.3) is 5.91 Å². The van der Waals surface area contributed by atoms with Gasteiger partial charge in [0.05, 0.1) is 20.8 Å². The van der Waals surface area contributed by atoms with Crippen LogP contribution in [0.15, 0.2) is 42.5 Å². The first kappa shape index (κ1) is 23.1. The van der Waals surface area contributed by atoms with Crippen LogP contribution in [-0.2, 0) is 14.9 Å². The Bertz CT molecular complexity index is 855. The molecule has 0 atom stereocenters. The van der Waals surface area contributed by atoms with Gasteiger partial charge in [0.15, 0.2) is 6.61 Å². The predicted molar refractivity (Wildman–Crippen MR) is 113 cm³/mol. The molecule has 0 aliphatic rings. The van der Waals surface area contributed by atoms with E-state index in [4.69, 9.17) is 18.9 Å². The molecule has 30 heavy (non-hydrogen) atoms. The van der Waals surface area contributed by atoms with Gasteiger partial charge >= 0.3 is 5.97 Å². The van der Waals surface area contributed by atoms with E-state index in [2.05, 4.69) is 26.1 Å². The highest BCUT2D eigenvalue weighted by Crippen LogP contribution is 2.25. The monoisotopic (exact) mass is 415 g/mol. The van der Waals surface area contributed by atoms with Crippen molar-refractivity contribution in [2.75, 3.05) is 34.0 Å². The van der Waals surface area contributed by atoms with Gasteiger partial charge in [-0.05, 0) is 35.2 Å². The Hall–Kier alpha value is -3.22. The number of benzene rings is 2. The third-order valence-electron chi connectivity index (χ3n) is 4.38. The van der Waals surface area contributed by atoms with Crippen molar-refractivity contribution < 1.29 is 28.5 Å². The van der Waals surface area contributed by atoms with Crippen molar-refractivity contribution >= 4 is 11.9 Å². The van der Waals surface area contributed by atoms with Crippen LogP contribution in [0, 0.1) is 0 Å². The van der Waals surface area contributed by atoms with Gasteiger partial charge in [0, 0.05) is 6.07 Å². The number of nitrogens with one attached hydrogen (secondary N) is 1. The third-order valence-corrected chi connectivity index (χ3v) is 4.38. The number of carbonyl (C=O) groups is 2. The van der Waals surface area contributed by atoms with Gasteiger partial charge in [0.2, 0.25) is 0 Å². The minimum Gasteiger partial charge on any atom is -0.497 e. The summed E-state index contributed by atoms with van der Waals surface area (Å²) in [7, 11) is 2.96. The normalized spacial score (nSPS) is 10.8. The Morgan fingerprint density at radius 2 is 1.60 bits per heavy atom. The molecule has 0 unspecified atom stereocenters. The fourth-order valence-electron chi connectivity index (χ4n) is 2.64. The molecule has 2 rings (SSSR count). The van der Waals surface area contributed by atoms with Gasteiger partial charge in [-0.15, -0.1) is 0 Å². The summed E-state index contributed by atoms with van der Waals surface area (Å²) < 4.78 is 20.9. The maximum Gasteiger partial charge on any atom is 0.342 e. The molecule has 0 aliphatic carbocycles. The van der Waals surface area contributed by atoms with Crippen molar-refractivity contribution in [3.8, 4) is 17.2 Å². The SMILES string of the molecule is COc1ccc(C(=O)OCC(=O)NCCOc2ccc(C(C)(C)C)cc2)c(OC)c1. The molecule has 0 saturated carbocycles. The first-order valence-corrected chi connectivity index (χ1v) is 9.64. The summed E-state index contributed by atoms with van der Waals surface area (Å²) in [5.74, 6) is 0.525. The second-order valence-electron chi connectivity index (χ2n) is 7.62. The molecule has 7 heteroatoms. The molecule has 1 amide bonds. The van der Waals surface area contributed by atoms with Crippen molar-refractivity contribution in [1.82, 2.24) is 5.32 Å². The molecule has 0 spiro atoms. The van der Waals surface area contributed by atoms with Gasteiger partial charge in [0.1, 0.15) is 29.4 Å². The maximum atomic E-state index is 12.2. The van der Waals surface area contributed by atoms with Crippen molar-refractivity contribution in [2.24, 2.45) is 0 Å². The average molecular weight is 415 g/mol. The quantitative estimate of drug-likeness (QED) is 0.500. The Morgan fingerprint density at radius 3 is 2.20 bits per heavy atom. The Morgan fingerprint density at radius 1 is 0.933 bits per heavy atom. The molecule has 0 heterocycles. The van der Waals surface area contributed by atoms with Gasteiger partial charge < -0.3 is 24.3 Å². The minimum absolute atomic E-state index is 0.0831. The van der Waals surface area contributed by atoms with E-state index in [0.717, 1.165) is 5.75 Å². The van der Waals surface area contributed by atoms with E-state index in [1.807, 2.05) is 24.3 Å². The van der Waals surface area contributed by atoms with Crippen molar-refractivity contribution in [1.29, 1.82) is 0 Å². The lowest BCUT2D eigenvalue weighted by atomic mass is 9.87. The minimum atomic E-state index is -0.653. The number of ether oxygens (including phenoxy) is 4. The molecule has 162 valence electrons. The lowest BCUT2D eigenvalue weighted by Gasteiger charge is -2.19. The van der Waals surface area contributed by atoms with Crippen LogP contribution < -0.4 is 19.5 Å². The largest absolute Gasteiger partial charge is 0.497 e. The molecular weight excluding hydrogens is 386 g/mol. The third kappa shape index (κ3) is 6.69. The molecule has 0 aromatic heterocycles. The van der Waals surface area contributed by atoms with Crippen LogP contribution in [0.25, 0.3) is 0 Å². The Labute approximate surface area is 177 Å².